The molecule has 20 heavy (non-hydrogen) atoms. The number of aromatic nitrogens is 1. The van der Waals surface area contributed by atoms with Gasteiger partial charge in [0.15, 0.2) is 5.13 Å². The van der Waals surface area contributed by atoms with Crippen LogP contribution in [0.25, 0.3) is 10.1 Å². The lowest BCUT2D eigenvalue weighted by Crippen LogP contribution is -2.15. The Hall–Kier alpha value is -2.20. The van der Waals surface area contributed by atoms with E-state index in [1.165, 1.54) is 16.9 Å². The van der Waals surface area contributed by atoms with Crippen molar-refractivity contribution < 1.29 is 0 Å². The standard InChI is InChI=1S/C16H14N2OS/c1-11-7-9-12(10-8-11)18(2)16-17-15(19)13-5-3-4-6-14(13)20-16/h3-10H,1-2H3. The van der Waals surface area contributed by atoms with Crippen molar-refractivity contribution in [3.8, 4) is 0 Å². The highest BCUT2D eigenvalue weighted by Gasteiger charge is 2.09. The van der Waals surface area contributed by atoms with Crippen LogP contribution in [-0.2, 0) is 0 Å². The lowest BCUT2D eigenvalue weighted by Gasteiger charge is -2.17. The summed E-state index contributed by atoms with van der Waals surface area (Å²) < 4.78 is 0.960. The number of anilines is 2. The third-order valence-electron chi connectivity index (χ3n) is 3.22. The van der Waals surface area contributed by atoms with Crippen molar-refractivity contribution in [3.05, 3.63) is 64.4 Å². The summed E-state index contributed by atoms with van der Waals surface area (Å²) >= 11 is 1.52. The highest BCUT2D eigenvalue weighted by Crippen LogP contribution is 2.28. The molecular weight excluding hydrogens is 268 g/mol. The second-order valence-electron chi connectivity index (χ2n) is 4.69. The largest absolute Gasteiger partial charge is 0.321 e. The van der Waals surface area contributed by atoms with E-state index in [-0.39, 0.29) is 5.56 Å². The Kier molecular flexibility index (Phi) is 3.24. The second kappa shape index (κ2) is 5.06. The average molecular weight is 282 g/mol. The lowest BCUT2D eigenvalue weighted by atomic mass is 10.2. The fourth-order valence-corrected chi connectivity index (χ4v) is 3.00. The van der Waals surface area contributed by atoms with Gasteiger partial charge >= 0.3 is 0 Å². The predicted octanol–water partition coefficient (Wildman–Crippen LogP) is 3.73. The molecule has 0 saturated heterocycles. The Morgan fingerprint density at radius 3 is 2.50 bits per heavy atom. The average Bonchev–Trinajstić information content (AvgIpc) is 2.47. The highest BCUT2D eigenvalue weighted by atomic mass is 32.1. The maximum atomic E-state index is 12.1. The van der Waals surface area contributed by atoms with Crippen LogP contribution in [0.1, 0.15) is 5.56 Å². The van der Waals surface area contributed by atoms with Gasteiger partial charge in [0, 0.05) is 17.4 Å². The minimum Gasteiger partial charge on any atom is -0.321 e. The van der Waals surface area contributed by atoms with Gasteiger partial charge in [-0.05, 0) is 31.2 Å². The quantitative estimate of drug-likeness (QED) is 0.718. The molecule has 3 nitrogen and oxygen atoms in total. The van der Waals surface area contributed by atoms with Gasteiger partial charge in [0.25, 0.3) is 5.56 Å². The van der Waals surface area contributed by atoms with Crippen molar-refractivity contribution in [2.45, 2.75) is 6.92 Å². The zero-order chi connectivity index (χ0) is 14.1. The van der Waals surface area contributed by atoms with Crippen LogP contribution in [0.4, 0.5) is 10.8 Å². The zero-order valence-electron chi connectivity index (χ0n) is 11.3. The zero-order valence-corrected chi connectivity index (χ0v) is 12.1. The monoisotopic (exact) mass is 282 g/mol. The number of fused-ring (bicyclic) bond motifs is 1. The Morgan fingerprint density at radius 2 is 1.75 bits per heavy atom. The van der Waals surface area contributed by atoms with Crippen LogP contribution in [-0.4, -0.2) is 12.0 Å². The van der Waals surface area contributed by atoms with E-state index in [1.54, 1.807) is 0 Å². The minimum absolute atomic E-state index is 0.173. The van der Waals surface area contributed by atoms with Gasteiger partial charge in [-0.1, -0.05) is 41.2 Å². The van der Waals surface area contributed by atoms with Crippen molar-refractivity contribution in [2.24, 2.45) is 0 Å². The molecule has 0 spiro atoms. The van der Waals surface area contributed by atoms with Gasteiger partial charge in [-0.25, -0.2) is 0 Å². The summed E-state index contributed by atoms with van der Waals surface area (Å²) in [6.07, 6.45) is 0. The molecule has 100 valence electrons. The van der Waals surface area contributed by atoms with Crippen LogP contribution in [0.2, 0.25) is 0 Å². The summed E-state index contributed by atoms with van der Waals surface area (Å²) in [5, 5.41) is 1.39. The molecule has 0 amide bonds. The molecule has 2 aromatic carbocycles. The van der Waals surface area contributed by atoms with Crippen LogP contribution in [0.5, 0.6) is 0 Å². The Morgan fingerprint density at radius 1 is 1.05 bits per heavy atom. The molecule has 0 atom stereocenters. The van der Waals surface area contributed by atoms with E-state index < -0.39 is 0 Å². The molecule has 3 aromatic rings. The van der Waals surface area contributed by atoms with Crippen molar-refractivity contribution in [3.63, 3.8) is 0 Å². The molecular formula is C16H14N2OS. The summed E-state index contributed by atoms with van der Waals surface area (Å²) in [6.45, 7) is 2.05. The molecule has 0 fully saturated rings. The van der Waals surface area contributed by atoms with Crippen molar-refractivity contribution in [2.75, 3.05) is 11.9 Å². The van der Waals surface area contributed by atoms with Crippen LogP contribution in [0.3, 0.4) is 0 Å². The second-order valence-corrected chi connectivity index (χ2v) is 5.70. The van der Waals surface area contributed by atoms with E-state index >= 15 is 0 Å². The summed E-state index contributed by atoms with van der Waals surface area (Å²) in [4.78, 5) is 18.2. The molecule has 0 radical (unpaired) electrons. The first-order valence-corrected chi connectivity index (χ1v) is 7.17. The van der Waals surface area contributed by atoms with Crippen LogP contribution in [0.15, 0.2) is 53.3 Å². The molecule has 4 heteroatoms. The van der Waals surface area contributed by atoms with Gasteiger partial charge in [-0.15, -0.1) is 0 Å². The molecule has 0 unspecified atom stereocenters. The number of benzene rings is 2. The smallest absolute Gasteiger partial charge is 0.281 e. The lowest BCUT2D eigenvalue weighted by molar-refractivity contribution is 1.14. The van der Waals surface area contributed by atoms with E-state index in [4.69, 9.17) is 0 Å². The first-order chi connectivity index (χ1) is 9.65. The molecule has 1 heterocycles. The number of nitrogens with zero attached hydrogens (tertiary/aromatic N) is 2. The van der Waals surface area contributed by atoms with Gasteiger partial charge in [0.2, 0.25) is 0 Å². The Bertz CT molecular complexity index is 809. The third kappa shape index (κ3) is 2.30. The van der Waals surface area contributed by atoms with Gasteiger partial charge in [0.05, 0.1) is 5.39 Å². The minimum atomic E-state index is -0.173. The fourth-order valence-electron chi connectivity index (χ4n) is 2.02. The summed E-state index contributed by atoms with van der Waals surface area (Å²) in [6, 6.07) is 15.7. The van der Waals surface area contributed by atoms with Crippen molar-refractivity contribution in [1.82, 2.24) is 4.98 Å². The molecule has 0 aliphatic carbocycles. The van der Waals surface area contributed by atoms with Gasteiger partial charge in [-0.3, -0.25) is 4.79 Å². The number of aryl methyl sites for hydroxylation is 1. The van der Waals surface area contributed by atoms with Crippen LogP contribution in [0, 0.1) is 6.92 Å². The van der Waals surface area contributed by atoms with Crippen molar-refractivity contribution in [1.29, 1.82) is 0 Å². The molecule has 3 rings (SSSR count). The van der Waals surface area contributed by atoms with E-state index in [9.17, 15) is 4.79 Å². The summed E-state index contributed by atoms with van der Waals surface area (Å²) in [7, 11) is 1.93. The Balaban J connectivity index is 2.10. The van der Waals surface area contributed by atoms with Crippen molar-refractivity contribution >= 4 is 32.2 Å². The SMILES string of the molecule is Cc1ccc(N(C)c2nc(=O)c3ccccc3s2)cc1. The van der Waals surface area contributed by atoms with E-state index in [0.29, 0.717) is 10.5 Å². The van der Waals surface area contributed by atoms with Gasteiger partial charge in [-0.2, -0.15) is 4.98 Å². The normalized spacial score (nSPS) is 10.7. The molecule has 0 bridgehead atoms. The number of hydrogen-bond acceptors (Lipinski definition) is 4. The third-order valence-corrected chi connectivity index (χ3v) is 4.35. The molecule has 0 N–H and O–H groups in total. The van der Waals surface area contributed by atoms with E-state index in [0.717, 1.165) is 10.4 Å². The topological polar surface area (TPSA) is 33.2 Å². The first kappa shape index (κ1) is 12.8. The van der Waals surface area contributed by atoms with Gasteiger partial charge < -0.3 is 4.90 Å². The fraction of sp³-hybridized carbons (Fsp3) is 0.125. The van der Waals surface area contributed by atoms with Gasteiger partial charge in [0.1, 0.15) is 0 Å². The predicted molar refractivity (Wildman–Crippen MR) is 85.1 cm³/mol. The van der Waals surface area contributed by atoms with E-state index in [2.05, 4.69) is 24.0 Å². The maximum Gasteiger partial charge on any atom is 0.281 e. The first-order valence-electron chi connectivity index (χ1n) is 6.35. The van der Waals surface area contributed by atoms with Crippen LogP contribution < -0.4 is 10.5 Å². The molecule has 0 aliphatic heterocycles. The number of hydrogen-bond donors (Lipinski definition) is 0. The summed E-state index contributed by atoms with van der Waals surface area (Å²) in [5.74, 6) is 0. The number of rotatable bonds is 2. The van der Waals surface area contributed by atoms with Crippen LogP contribution >= 0.6 is 11.3 Å². The van der Waals surface area contributed by atoms with E-state index in [1.807, 2.05) is 48.3 Å². The maximum absolute atomic E-state index is 12.1. The molecule has 1 aromatic heterocycles. The Labute approximate surface area is 121 Å². The highest BCUT2D eigenvalue weighted by molar-refractivity contribution is 7.21. The molecule has 0 saturated carbocycles. The summed E-state index contributed by atoms with van der Waals surface area (Å²) in [5.41, 5.74) is 2.06. The molecule has 0 aliphatic rings.